The molecule has 2 aromatic rings. The zero-order chi connectivity index (χ0) is 24.1. The molecule has 0 saturated carbocycles. The van der Waals surface area contributed by atoms with Crippen LogP contribution in [-0.2, 0) is 21.0 Å². The van der Waals surface area contributed by atoms with Crippen molar-refractivity contribution in [3.05, 3.63) is 52.2 Å². The van der Waals surface area contributed by atoms with Crippen molar-refractivity contribution >= 4 is 32.3 Å². The third kappa shape index (κ3) is 6.95. The Morgan fingerprint density at radius 3 is 2.19 bits per heavy atom. The van der Waals surface area contributed by atoms with Gasteiger partial charge in [0.2, 0.25) is 10.0 Å². The first-order valence-electron chi connectivity index (χ1n) is 10.8. The molecule has 0 bridgehead atoms. The van der Waals surface area contributed by atoms with Crippen LogP contribution in [0.15, 0.2) is 47.4 Å². The highest BCUT2D eigenvalue weighted by Gasteiger charge is 2.33. The van der Waals surface area contributed by atoms with Crippen molar-refractivity contribution in [1.82, 2.24) is 9.03 Å². The van der Waals surface area contributed by atoms with Crippen LogP contribution in [-0.4, -0.2) is 39.9 Å². The largest absolute Gasteiger partial charge is 0.394 e. The summed E-state index contributed by atoms with van der Waals surface area (Å²) < 4.78 is 43.6. The Morgan fingerprint density at radius 2 is 1.66 bits per heavy atom. The lowest BCUT2D eigenvalue weighted by molar-refractivity contribution is 0.186. The van der Waals surface area contributed by atoms with Crippen LogP contribution in [0.4, 0.5) is 0 Å². The second kappa shape index (κ2) is 11.4. The monoisotopic (exact) mass is 500 g/mol. The Kier molecular flexibility index (Phi) is 9.63. The Balaban J connectivity index is 2.36. The Morgan fingerprint density at radius 1 is 1.06 bits per heavy atom. The zero-order valence-electron chi connectivity index (χ0n) is 19.7. The fraction of sp³-hybridized carbons (Fsp3) is 0.565. The molecule has 180 valence electrons. The average molecular weight is 501 g/mol. The van der Waals surface area contributed by atoms with Gasteiger partial charge in [-0.25, -0.2) is 17.3 Å². The number of hydrogen-bond acceptors (Lipinski definition) is 5. The van der Waals surface area contributed by atoms with Gasteiger partial charge in [0.15, 0.2) is 0 Å². The SMILES string of the molecule is CC(C)CCN([C@H](CO)c1ccc([C@H](C)N[S@](=O)C(C)(C)C)s1)S(=O)(=O)c1ccccc1. The third-order valence-electron chi connectivity index (χ3n) is 5.04. The van der Waals surface area contributed by atoms with Crippen molar-refractivity contribution in [3.63, 3.8) is 0 Å². The van der Waals surface area contributed by atoms with Gasteiger partial charge in [-0.2, -0.15) is 4.31 Å². The Hall–Kier alpha value is -1.10. The number of thiophene rings is 1. The number of sulfonamides is 1. The lowest BCUT2D eigenvalue weighted by Gasteiger charge is -2.30. The minimum Gasteiger partial charge on any atom is -0.394 e. The van der Waals surface area contributed by atoms with Gasteiger partial charge in [-0.3, -0.25) is 0 Å². The maximum absolute atomic E-state index is 13.5. The number of rotatable bonds is 11. The average Bonchev–Trinajstić information content (AvgIpc) is 3.20. The van der Waals surface area contributed by atoms with Crippen LogP contribution in [0.5, 0.6) is 0 Å². The van der Waals surface area contributed by atoms with E-state index in [1.54, 1.807) is 30.3 Å². The summed E-state index contributed by atoms with van der Waals surface area (Å²) in [5.41, 5.74) is 0. The second-order valence-corrected chi connectivity index (χ2v) is 14.3. The maximum Gasteiger partial charge on any atom is 0.243 e. The topological polar surface area (TPSA) is 86.7 Å². The van der Waals surface area contributed by atoms with E-state index in [9.17, 15) is 17.7 Å². The quantitative estimate of drug-likeness (QED) is 0.471. The van der Waals surface area contributed by atoms with Gasteiger partial charge in [-0.05, 0) is 64.3 Å². The third-order valence-corrected chi connectivity index (χ3v) is 10.0. The van der Waals surface area contributed by atoms with Crippen molar-refractivity contribution < 1.29 is 17.7 Å². The Bertz CT molecular complexity index is 982. The molecule has 0 radical (unpaired) electrons. The van der Waals surface area contributed by atoms with E-state index >= 15 is 0 Å². The van der Waals surface area contributed by atoms with Crippen LogP contribution in [0.1, 0.15) is 69.8 Å². The highest BCUT2D eigenvalue weighted by Crippen LogP contribution is 2.34. The standard InChI is InChI=1S/C23H36N2O4S3/c1-17(2)14-15-25(32(28,29)19-10-8-7-9-11-19)20(16-26)22-13-12-21(30-22)18(3)24-31(27)23(4,5)6/h7-13,17-18,20,24,26H,14-16H2,1-6H3/t18-,20+,31+/m0/s1. The summed E-state index contributed by atoms with van der Waals surface area (Å²) in [5.74, 6) is 0.318. The van der Waals surface area contributed by atoms with Gasteiger partial charge in [0, 0.05) is 16.3 Å². The van der Waals surface area contributed by atoms with Crippen molar-refractivity contribution in [2.24, 2.45) is 5.92 Å². The van der Waals surface area contributed by atoms with Crippen molar-refractivity contribution in [3.8, 4) is 0 Å². The van der Waals surface area contributed by atoms with Crippen molar-refractivity contribution in [2.75, 3.05) is 13.2 Å². The number of hydrogen-bond donors (Lipinski definition) is 2. The molecule has 0 aliphatic carbocycles. The summed E-state index contributed by atoms with van der Waals surface area (Å²) in [6.07, 6.45) is 0.684. The van der Waals surface area contributed by atoms with Gasteiger partial charge in [-0.15, -0.1) is 11.3 Å². The van der Waals surface area contributed by atoms with E-state index in [1.165, 1.54) is 15.6 Å². The molecule has 0 amide bonds. The van der Waals surface area contributed by atoms with Crippen LogP contribution in [0, 0.1) is 5.92 Å². The van der Waals surface area contributed by atoms with Crippen LogP contribution in [0.25, 0.3) is 0 Å². The van der Waals surface area contributed by atoms with Gasteiger partial charge in [0.05, 0.1) is 39.3 Å². The second-order valence-electron chi connectivity index (χ2n) is 9.27. The van der Waals surface area contributed by atoms with Gasteiger partial charge >= 0.3 is 0 Å². The predicted octanol–water partition coefficient (Wildman–Crippen LogP) is 4.63. The molecule has 1 aromatic heterocycles. The first kappa shape index (κ1) is 27.1. The van der Waals surface area contributed by atoms with Gasteiger partial charge < -0.3 is 5.11 Å². The van der Waals surface area contributed by atoms with Gasteiger partial charge in [0.25, 0.3) is 0 Å². The first-order valence-corrected chi connectivity index (χ1v) is 14.2. The molecule has 6 nitrogen and oxygen atoms in total. The molecule has 0 unspecified atom stereocenters. The molecule has 0 saturated heterocycles. The molecule has 0 aliphatic rings. The molecular weight excluding hydrogens is 464 g/mol. The highest BCUT2D eigenvalue weighted by molar-refractivity contribution is 7.89. The molecule has 3 atom stereocenters. The summed E-state index contributed by atoms with van der Waals surface area (Å²) in [6, 6.07) is 11.3. The zero-order valence-corrected chi connectivity index (χ0v) is 22.2. The summed E-state index contributed by atoms with van der Waals surface area (Å²) in [6.45, 7) is 11.8. The molecule has 0 fully saturated rings. The molecule has 1 aromatic carbocycles. The van der Waals surface area contributed by atoms with E-state index in [1.807, 2.05) is 53.7 Å². The first-order chi connectivity index (χ1) is 14.9. The molecular formula is C23H36N2O4S3. The minimum absolute atomic E-state index is 0.164. The maximum atomic E-state index is 13.5. The summed E-state index contributed by atoms with van der Waals surface area (Å²) in [7, 11) is -5.02. The van der Waals surface area contributed by atoms with Gasteiger partial charge in [0.1, 0.15) is 0 Å². The molecule has 32 heavy (non-hydrogen) atoms. The minimum atomic E-state index is -3.79. The molecule has 0 aliphatic heterocycles. The van der Waals surface area contributed by atoms with E-state index in [-0.39, 0.29) is 22.3 Å². The van der Waals surface area contributed by atoms with E-state index in [0.29, 0.717) is 18.9 Å². The molecule has 9 heteroatoms. The van der Waals surface area contributed by atoms with Crippen LogP contribution >= 0.6 is 11.3 Å². The number of aliphatic hydroxyl groups excluding tert-OH is 1. The lowest BCUT2D eigenvalue weighted by Crippen LogP contribution is -2.37. The van der Waals surface area contributed by atoms with Crippen molar-refractivity contribution in [1.29, 1.82) is 0 Å². The molecule has 2 rings (SSSR count). The van der Waals surface area contributed by atoms with Crippen LogP contribution in [0.3, 0.4) is 0 Å². The number of aliphatic hydroxyl groups is 1. The fourth-order valence-corrected chi connectivity index (χ4v) is 6.75. The normalized spacial score (nSPS) is 15.8. The number of nitrogens with zero attached hydrogens (tertiary/aromatic N) is 1. The Labute approximate surface area is 199 Å². The van der Waals surface area contributed by atoms with E-state index < -0.39 is 27.1 Å². The smallest absolute Gasteiger partial charge is 0.243 e. The lowest BCUT2D eigenvalue weighted by atomic mass is 10.1. The van der Waals surface area contributed by atoms with Crippen molar-refractivity contribution in [2.45, 2.75) is 69.7 Å². The summed E-state index contributed by atoms with van der Waals surface area (Å²) in [4.78, 5) is 1.92. The number of benzene rings is 1. The highest BCUT2D eigenvalue weighted by atomic mass is 32.2. The molecule has 2 N–H and O–H groups in total. The molecule has 0 spiro atoms. The fourth-order valence-electron chi connectivity index (χ4n) is 3.06. The number of nitrogens with one attached hydrogen (secondary N) is 1. The van der Waals surface area contributed by atoms with Crippen LogP contribution < -0.4 is 4.72 Å². The van der Waals surface area contributed by atoms with E-state index in [0.717, 1.165) is 9.75 Å². The predicted molar refractivity (Wildman–Crippen MR) is 133 cm³/mol. The summed E-state index contributed by atoms with van der Waals surface area (Å²) in [5, 5.41) is 10.3. The van der Waals surface area contributed by atoms with E-state index in [2.05, 4.69) is 4.72 Å². The van der Waals surface area contributed by atoms with E-state index in [4.69, 9.17) is 0 Å². The summed E-state index contributed by atoms with van der Waals surface area (Å²) >= 11 is 1.44. The van der Waals surface area contributed by atoms with Crippen LogP contribution in [0.2, 0.25) is 0 Å². The molecule has 1 heterocycles. The van der Waals surface area contributed by atoms with Gasteiger partial charge in [-0.1, -0.05) is 32.0 Å².